The third-order valence-electron chi connectivity index (χ3n) is 4.79. The van der Waals surface area contributed by atoms with Gasteiger partial charge in [0, 0.05) is 22.8 Å². The van der Waals surface area contributed by atoms with Gasteiger partial charge in [0.25, 0.3) is 5.91 Å². The van der Waals surface area contributed by atoms with Crippen LogP contribution in [-0.4, -0.2) is 21.9 Å². The van der Waals surface area contributed by atoms with Crippen LogP contribution in [0.2, 0.25) is 0 Å². The molecule has 5 N–H and O–H groups in total. The van der Waals surface area contributed by atoms with E-state index in [4.69, 9.17) is 5.73 Å². The number of rotatable bonds is 4. The maximum atomic E-state index is 13.8. The van der Waals surface area contributed by atoms with Crippen LogP contribution in [0.4, 0.5) is 33.7 Å². The molecule has 3 amide bonds. The number of nitrogens with two attached hydrogens (primary N) is 1. The first-order chi connectivity index (χ1) is 15.6. The second kappa shape index (κ2) is 8.26. The highest BCUT2D eigenvalue weighted by Gasteiger charge is 2.31. The number of aromatic nitrogens is 2. The predicted octanol–water partition coefficient (Wildman–Crippen LogP) is 5.13. The van der Waals surface area contributed by atoms with Gasteiger partial charge in [-0.15, -0.1) is 0 Å². The fraction of sp³-hybridized carbons (Fsp3) is 0.0455. The number of hydrogen-bond donors (Lipinski definition) is 4. The molecule has 2 aromatic heterocycles. The van der Waals surface area contributed by atoms with Crippen LogP contribution in [0.5, 0.6) is 0 Å². The molecular formula is C22H15F4N5O2. The highest BCUT2D eigenvalue weighted by molar-refractivity contribution is 6.08. The van der Waals surface area contributed by atoms with Crippen molar-refractivity contribution >= 4 is 34.3 Å². The second-order valence-corrected chi connectivity index (χ2v) is 6.99. The van der Waals surface area contributed by atoms with Gasteiger partial charge in [-0.2, -0.15) is 13.2 Å². The Morgan fingerprint density at radius 3 is 2.39 bits per heavy atom. The smallest absolute Gasteiger partial charge is 0.364 e. The fourth-order valence-corrected chi connectivity index (χ4v) is 3.31. The van der Waals surface area contributed by atoms with E-state index >= 15 is 0 Å². The van der Waals surface area contributed by atoms with Gasteiger partial charge in [-0.05, 0) is 48.0 Å². The Hall–Kier alpha value is -4.41. The number of halogens is 4. The van der Waals surface area contributed by atoms with Crippen molar-refractivity contribution in [1.29, 1.82) is 0 Å². The molecule has 2 heterocycles. The number of benzene rings is 2. The number of urea groups is 1. The van der Waals surface area contributed by atoms with Crippen molar-refractivity contribution in [2.24, 2.45) is 5.73 Å². The van der Waals surface area contributed by atoms with E-state index in [2.05, 4.69) is 20.6 Å². The van der Waals surface area contributed by atoms with Gasteiger partial charge in [0.2, 0.25) is 0 Å². The first-order valence-electron chi connectivity index (χ1n) is 9.45. The van der Waals surface area contributed by atoms with Crippen molar-refractivity contribution in [2.45, 2.75) is 6.18 Å². The normalized spacial score (nSPS) is 11.4. The zero-order valence-electron chi connectivity index (χ0n) is 16.6. The number of pyridine rings is 1. The highest BCUT2D eigenvalue weighted by Crippen LogP contribution is 2.33. The molecule has 0 unspecified atom stereocenters. The average Bonchev–Trinajstić information content (AvgIpc) is 3.15. The van der Waals surface area contributed by atoms with Crippen LogP contribution in [0.1, 0.15) is 16.1 Å². The number of aromatic amines is 1. The summed E-state index contributed by atoms with van der Waals surface area (Å²) in [5.74, 6) is -1.69. The lowest BCUT2D eigenvalue weighted by atomic mass is 10.0. The predicted molar refractivity (Wildman–Crippen MR) is 114 cm³/mol. The number of nitrogens with zero attached hydrogens (tertiary/aromatic N) is 1. The van der Waals surface area contributed by atoms with E-state index in [1.807, 2.05) is 0 Å². The third-order valence-corrected chi connectivity index (χ3v) is 4.79. The lowest BCUT2D eigenvalue weighted by molar-refractivity contribution is -0.137. The molecule has 0 aliphatic carbocycles. The lowest BCUT2D eigenvalue weighted by Crippen LogP contribution is -2.20. The Morgan fingerprint density at radius 1 is 1.00 bits per heavy atom. The zero-order valence-corrected chi connectivity index (χ0v) is 16.6. The van der Waals surface area contributed by atoms with Crippen LogP contribution < -0.4 is 16.4 Å². The van der Waals surface area contributed by atoms with Gasteiger partial charge in [0.15, 0.2) is 0 Å². The summed E-state index contributed by atoms with van der Waals surface area (Å²) < 4.78 is 52.3. The number of primary amides is 1. The van der Waals surface area contributed by atoms with Crippen molar-refractivity contribution in [2.75, 3.05) is 10.6 Å². The third kappa shape index (κ3) is 4.47. The SMILES string of the molecule is NC(=O)c1[nH]c2ncccc2c1-c1ccc(NC(=O)Nc2cc(C(F)(F)F)ccc2F)cc1. The minimum absolute atomic E-state index is 0.169. The number of anilines is 2. The molecule has 0 fully saturated rings. The van der Waals surface area contributed by atoms with E-state index in [1.54, 1.807) is 30.5 Å². The Morgan fingerprint density at radius 2 is 1.73 bits per heavy atom. The molecular weight excluding hydrogens is 442 g/mol. The summed E-state index contributed by atoms with van der Waals surface area (Å²) in [5, 5.41) is 5.15. The van der Waals surface area contributed by atoms with E-state index in [0.29, 0.717) is 40.4 Å². The van der Waals surface area contributed by atoms with Crippen LogP contribution >= 0.6 is 0 Å². The summed E-state index contributed by atoms with van der Waals surface area (Å²) in [5.41, 5.74) is 5.83. The molecule has 0 aliphatic heterocycles. The Kier molecular flexibility index (Phi) is 5.46. The highest BCUT2D eigenvalue weighted by atomic mass is 19.4. The van der Waals surface area contributed by atoms with Gasteiger partial charge >= 0.3 is 12.2 Å². The second-order valence-electron chi connectivity index (χ2n) is 6.99. The van der Waals surface area contributed by atoms with Crippen LogP contribution in [0.15, 0.2) is 60.8 Å². The Balaban J connectivity index is 1.55. The summed E-state index contributed by atoms with van der Waals surface area (Å²) in [7, 11) is 0. The summed E-state index contributed by atoms with van der Waals surface area (Å²) in [4.78, 5) is 31.1. The van der Waals surface area contributed by atoms with E-state index in [9.17, 15) is 27.2 Å². The number of hydrogen-bond acceptors (Lipinski definition) is 3. The molecule has 33 heavy (non-hydrogen) atoms. The van der Waals surface area contributed by atoms with Crippen molar-refractivity contribution in [3.8, 4) is 11.1 Å². The number of alkyl halides is 3. The average molecular weight is 457 g/mol. The van der Waals surface area contributed by atoms with E-state index in [0.717, 1.165) is 0 Å². The molecule has 7 nitrogen and oxygen atoms in total. The van der Waals surface area contributed by atoms with Crippen molar-refractivity contribution in [3.63, 3.8) is 0 Å². The van der Waals surface area contributed by atoms with Crippen LogP contribution in [0, 0.1) is 5.82 Å². The summed E-state index contributed by atoms with van der Waals surface area (Å²) in [6.45, 7) is 0. The van der Waals surface area contributed by atoms with Gasteiger partial charge in [0.1, 0.15) is 17.2 Å². The summed E-state index contributed by atoms with van der Waals surface area (Å²) in [6, 6.07) is 10.5. The Labute approximate surface area is 183 Å². The molecule has 0 aliphatic rings. The first-order valence-corrected chi connectivity index (χ1v) is 9.45. The number of H-pyrrole nitrogens is 1. The molecule has 0 spiro atoms. The van der Waals surface area contributed by atoms with E-state index < -0.39 is 35.2 Å². The largest absolute Gasteiger partial charge is 0.416 e. The molecule has 0 saturated heterocycles. The van der Waals surface area contributed by atoms with E-state index in [1.165, 1.54) is 12.1 Å². The van der Waals surface area contributed by atoms with Gasteiger partial charge in [0.05, 0.1) is 11.3 Å². The standard InChI is InChI=1S/C22H15F4N5O2/c23-15-8-5-12(22(24,25)26)10-16(15)30-21(33)29-13-6-3-11(4-7-13)17-14-2-1-9-28-20(14)31-18(17)19(27)32/h1-10H,(H2,27,32)(H,28,31)(H2,29,30,33). The van der Waals surface area contributed by atoms with Crippen LogP contribution in [0.25, 0.3) is 22.2 Å². The lowest BCUT2D eigenvalue weighted by Gasteiger charge is -2.12. The molecule has 2 aromatic carbocycles. The summed E-state index contributed by atoms with van der Waals surface area (Å²) >= 11 is 0. The van der Waals surface area contributed by atoms with Crippen molar-refractivity contribution in [1.82, 2.24) is 9.97 Å². The molecule has 11 heteroatoms. The van der Waals surface area contributed by atoms with Gasteiger partial charge in [-0.3, -0.25) is 4.79 Å². The molecule has 4 rings (SSSR count). The number of fused-ring (bicyclic) bond motifs is 1. The van der Waals surface area contributed by atoms with Crippen LogP contribution in [0.3, 0.4) is 0 Å². The number of carbonyl (C=O) groups is 2. The maximum absolute atomic E-state index is 13.8. The Bertz CT molecular complexity index is 1360. The fourth-order valence-electron chi connectivity index (χ4n) is 3.31. The minimum Gasteiger partial charge on any atom is -0.364 e. The van der Waals surface area contributed by atoms with Crippen molar-refractivity contribution in [3.05, 3.63) is 77.9 Å². The molecule has 4 aromatic rings. The van der Waals surface area contributed by atoms with Crippen LogP contribution in [-0.2, 0) is 6.18 Å². The molecule has 0 radical (unpaired) electrons. The quantitative estimate of drug-likeness (QED) is 0.319. The minimum atomic E-state index is -4.68. The molecule has 168 valence electrons. The zero-order chi connectivity index (χ0) is 23.8. The number of nitrogens with one attached hydrogen (secondary N) is 3. The van der Waals surface area contributed by atoms with Gasteiger partial charge in [-0.25, -0.2) is 14.2 Å². The first kappa shape index (κ1) is 21.8. The molecule has 0 bridgehead atoms. The monoisotopic (exact) mass is 457 g/mol. The molecule has 0 atom stereocenters. The topological polar surface area (TPSA) is 113 Å². The van der Waals surface area contributed by atoms with Crippen molar-refractivity contribution < 1.29 is 27.2 Å². The number of carbonyl (C=O) groups excluding carboxylic acids is 2. The van der Waals surface area contributed by atoms with Gasteiger partial charge in [-0.1, -0.05) is 12.1 Å². The number of amides is 3. The maximum Gasteiger partial charge on any atom is 0.416 e. The van der Waals surface area contributed by atoms with E-state index in [-0.39, 0.29) is 11.4 Å². The van der Waals surface area contributed by atoms with Gasteiger partial charge < -0.3 is 21.4 Å². The summed E-state index contributed by atoms with van der Waals surface area (Å²) in [6.07, 6.45) is -3.12. The molecule has 0 saturated carbocycles.